The normalized spacial score (nSPS) is 10.7. The van der Waals surface area contributed by atoms with Gasteiger partial charge in [-0.2, -0.15) is 0 Å². The van der Waals surface area contributed by atoms with Crippen molar-refractivity contribution >= 4 is 44.8 Å². The molecule has 2 N–H and O–H groups in total. The number of aromatic amines is 1. The summed E-state index contributed by atoms with van der Waals surface area (Å²) in [4.78, 5) is 21.6. The van der Waals surface area contributed by atoms with Crippen LogP contribution in [0.4, 0.5) is 0 Å². The number of thioether (sulfide) groups is 1. The van der Waals surface area contributed by atoms with Gasteiger partial charge >= 0.3 is 5.97 Å². The molecule has 0 radical (unpaired) electrons. The molecule has 0 atom stereocenters. The fourth-order valence-corrected chi connectivity index (χ4v) is 1.98. The Morgan fingerprint density at radius 3 is 3.20 bits per heavy atom. The molecular weight excluding hydrogens is 282 g/mol. The highest BCUT2D eigenvalue weighted by molar-refractivity contribution is 9.10. The smallest absolute Gasteiger partial charge is 0.313 e. The highest BCUT2D eigenvalue weighted by Crippen LogP contribution is 2.20. The van der Waals surface area contributed by atoms with Crippen molar-refractivity contribution in [3.8, 4) is 0 Å². The first-order valence-corrected chi connectivity index (χ1v) is 5.79. The van der Waals surface area contributed by atoms with E-state index in [1.165, 1.54) is 0 Å². The first-order chi connectivity index (χ1) is 7.15. The Balaban J connectivity index is 2.27. The lowest BCUT2D eigenvalue weighted by Crippen LogP contribution is -1.97. The van der Waals surface area contributed by atoms with Crippen molar-refractivity contribution in [2.75, 3.05) is 5.75 Å². The third kappa shape index (κ3) is 2.48. The minimum Gasteiger partial charge on any atom is -0.481 e. The predicted octanol–water partition coefficient (Wildman–Crippen LogP) is 1.90. The molecular formula is C8H6BrN3O2S. The number of nitrogens with zero attached hydrogens (tertiary/aromatic N) is 2. The lowest BCUT2D eigenvalue weighted by atomic mass is 10.4. The fourth-order valence-electron chi connectivity index (χ4n) is 1.05. The Kier molecular flexibility index (Phi) is 2.92. The number of halogens is 1. The van der Waals surface area contributed by atoms with E-state index < -0.39 is 5.97 Å². The molecule has 0 aliphatic carbocycles. The number of fused-ring (bicyclic) bond motifs is 1. The van der Waals surface area contributed by atoms with Crippen LogP contribution >= 0.6 is 27.7 Å². The Morgan fingerprint density at radius 2 is 2.47 bits per heavy atom. The van der Waals surface area contributed by atoms with Crippen molar-refractivity contribution in [1.82, 2.24) is 15.0 Å². The van der Waals surface area contributed by atoms with Crippen molar-refractivity contribution < 1.29 is 9.90 Å². The summed E-state index contributed by atoms with van der Waals surface area (Å²) in [6.07, 6.45) is 1.65. The SMILES string of the molecule is O=C(O)CSc1nc2ncc(Br)cc2[nH]1. The molecule has 0 fully saturated rings. The molecule has 15 heavy (non-hydrogen) atoms. The van der Waals surface area contributed by atoms with Gasteiger partial charge in [-0.05, 0) is 22.0 Å². The molecule has 0 aromatic carbocycles. The Hall–Kier alpha value is -1.08. The topological polar surface area (TPSA) is 78.9 Å². The van der Waals surface area contributed by atoms with Gasteiger partial charge in [0, 0.05) is 10.7 Å². The van der Waals surface area contributed by atoms with Crippen molar-refractivity contribution in [2.45, 2.75) is 5.16 Å². The van der Waals surface area contributed by atoms with E-state index in [0.717, 1.165) is 21.8 Å². The van der Waals surface area contributed by atoms with Crippen LogP contribution in [0.5, 0.6) is 0 Å². The van der Waals surface area contributed by atoms with Crippen LogP contribution in [-0.2, 0) is 4.79 Å². The average Bonchev–Trinajstić information content (AvgIpc) is 2.56. The molecule has 0 spiro atoms. The average molecular weight is 288 g/mol. The van der Waals surface area contributed by atoms with Gasteiger partial charge < -0.3 is 10.1 Å². The molecule has 2 aromatic rings. The van der Waals surface area contributed by atoms with E-state index in [1.807, 2.05) is 6.07 Å². The quantitative estimate of drug-likeness (QED) is 0.843. The summed E-state index contributed by atoms with van der Waals surface area (Å²) in [6, 6.07) is 1.85. The van der Waals surface area contributed by atoms with E-state index in [4.69, 9.17) is 5.11 Å². The van der Waals surface area contributed by atoms with Gasteiger partial charge in [0.1, 0.15) is 0 Å². The van der Waals surface area contributed by atoms with E-state index >= 15 is 0 Å². The number of carbonyl (C=O) groups is 1. The number of hydrogen-bond donors (Lipinski definition) is 2. The van der Waals surface area contributed by atoms with E-state index in [0.29, 0.717) is 10.8 Å². The highest BCUT2D eigenvalue weighted by atomic mass is 79.9. The Labute approximate surface area is 97.4 Å². The molecule has 0 saturated heterocycles. The monoisotopic (exact) mass is 287 g/mol. The summed E-state index contributed by atoms with van der Waals surface area (Å²) in [7, 11) is 0. The number of rotatable bonds is 3. The van der Waals surface area contributed by atoms with Gasteiger partial charge in [0.2, 0.25) is 0 Å². The summed E-state index contributed by atoms with van der Waals surface area (Å²) in [5, 5.41) is 9.08. The number of carboxylic acids is 1. The van der Waals surface area contributed by atoms with Gasteiger partial charge in [-0.1, -0.05) is 11.8 Å². The molecule has 78 valence electrons. The predicted molar refractivity (Wildman–Crippen MR) is 59.9 cm³/mol. The first kappa shape index (κ1) is 10.4. The molecule has 0 saturated carbocycles. The van der Waals surface area contributed by atoms with Crippen LogP contribution in [0, 0.1) is 0 Å². The van der Waals surface area contributed by atoms with Gasteiger partial charge in [-0.15, -0.1) is 0 Å². The molecule has 5 nitrogen and oxygen atoms in total. The third-order valence-electron chi connectivity index (χ3n) is 1.61. The minimum absolute atomic E-state index is 0.0129. The van der Waals surface area contributed by atoms with Crippen LogP contribution in [0.2, 0.25) is 0 Å². The standard InChI is InChI=1S/C8H6BrN3O2S/c9-4-1-5-7(10-2-4)12-8(11-5)15-3-6(13)14/h1-2H,3H2,(H,13,14)(H,10,11,12). The van der Waals surface area contributed by atoms with Crippen molar-refractivity contribution in [3.05, 3.63) is 16.7 Å². The van der Waals surface area contributed by atoms with Gasteiger partial charge in [0.25, 0.3) is 0 Å². The number of aliphatic carboxylic acids is 1. The number of hydrogen-bond acceptors (Lipinski definition) is 4. The van der Waals surface area contributed by atoms with Gasteiger partial charge in [0.15, 0.2) is 10.8 Å². The summed E-state index contributed by atoms with van der Waals surface area (Å²) in [5.41, 5.74) is 1.38. The highest BCUT2D eigenvalue weighted by Gasteiger charge is 2.06. The summed E-state index contributed by atoms with van der Waals surface area (Å²) in [6.45, 7) is 0. The number of carboxylic acid groups (broad SMARTS) is 1. The minimum atomic E-state index is -0.866. The van der Waals surface area contributed by atoms with Crippen LogP contribution in [0.25, 0.3) is 11.2 Å². The zero-order valence-electron chi connectivity index (χ0n) is 7.40. The third-order valence-corrected chi connectivity index (χ3v) is 2.91. The van der Waals surface area contributed by atoms with Gasteiger partial charge in [-0.3, -0.25) is 4.79 Å². The van der Waals surface area contributed by atoms with Crippen LogP contribution in [-0.4, -0.2) is 31.8 Å². The second-order valence-electron chi connectivity index (χ2n) is 2.75. The Bertz CT molecular complexity index is 514. The summed E-state index contributed by atoms with van der Waals surface area (Å²) < 4.78 is 0.855. The van der Waals surface area contributed by atoms with Crippen molar-refractivity contribution in [3.63, 3.8) is 0 Å². The number of H-pyrrole nitrogens is 1. The molecule has 0 aliphatic heterocycles. The molecule has 0 bridgehead atoms. The van der Waals surface area contributed by atoms with Crippen molar-refractivity contribution in [1.29, 1.82) is 0 Å². The fraction of sp³-hybridized carbons (Fsp3) is 0.125. The molecule has 0 unspecified atom stereocenters. The first-order valence-electron chi connectivity index (χ1n) is 4.01. The largest absolute Gasteiger partial charge is 0.481 e. The van der Waals surface area contributed by atoms with Gasteiger partial charge in [0.05, 0.1) is 11.3 Å². The molecule has 2 rings (SSSR count). The molecule has 0 amide bonds. The molecule has 2 aromatic heterocycles. The second-order valence-corrected chi connectivity index (χ2v) is 4.63. The maximum absolute atomic E-state index is 10.4. The maximum Gasteiger partial charge on any atom is 0.313 e. The number of pyridine rings is 1. The van der Waals surface area contributed by atoms with E-state index in [9.17, 15) is 4.79 Å². The lowest BCUT2D eigenvalue weighted by Gasteiger charge is -1.89. The number of aromatic nitrogens is 3. The maximum atomic E-state index is 10.4. The van der Waals surface area contributed by atoms with Crippen molar-refractivity contribution in [2.24, 2.45) is 0 Å². The van der Waals surface area contributed by atoms with Crippen LogP contribution < -0.4 is 0 Å². The number of nitrogens with one attached hydrogen (secondary N) is 1. The summed E-state index contributed by atoms with van der Waals surface area (Å²) in [5.74, 6) is -0.879. The molecule has 7 heteroatoms. The Morgan fingerprint density at radius 1 is 1.67 bits per heavy atom. The van der Waals surface area contributed by atoms with E-state index in [1.54, 1.807) is 6.20 Å². The number of imidazole rings is 1. The molecule has 0 aliphatic rings. The lowest BCUT2D eigenvalue weighted by molar-refractivity contribution is -0.133. The van der Waals surface area contributed by atoms with Crippen LogP contribution in [0.3, 0.4) is 0 Å². The van der Waals surface area contributed by atoms with E-state index in [-0.39, 0.29) is 5.75 Å². The van der Waals surface area contributed by atoms with Crippen LogP contribution in [0.15, 0.2) is 21.9 Å². The zero-order chi connectivity index (χ0) is 10.8. The van der Waals surface area contributed by atoms with Crippen LogP contribution in [0.1, 0.15) is 0 Å². The van der Waals surface area contributed by atoms with E-state index in [2.05, 4.69) is 30.9 Å². The second kappa shape index (κ2) is 4.19. The zero-order valence-corrected chi connectivity index (χ0v) is 9.80. The molecule has 2 heterocycles. The van der Waals surface area contributed by atoms with Gasteiger partial charge in [-0.25, -0.2) is 9.97 Å². The summed E-state index contributed by atoms with van der Waals surface area (Å²) >= 11 is 4.43.